The minimum atomic E-state index is -0.278. The fourth-order valence-corrected chi connectivity index (χ4v) is 4.08. The van der Waals surface area contributed by atoms with Crippen molar-refractivity contribution < 1.29 is 14.3 Å². The summed E-state index contributed by atoms with van der Waals surface area (Å²) in [6.45, 7) is 0.678. The highest BCUT2D eigenvalue weighted by atomic mass is 16.5. The molecule has 0 spiro atoms. The van der Waals surface area contributed by atoms with Crippen LogP contribution in [0.3, 0.4) is 0 Å². The molecule has 4 aromatic rings. The Labute approximate surface area is 198 Å². The minimum absolute atomic E-state index is 0.198. The molecule has 0 aliphatic carbocycles. The molecule has 0 fully saturated rings. The van der Waals surface area contributed by atoms with E-state index in [1.807, 2.05) is 115 Å². The molecule has 4 aromatic carbocycles. The maximum Gasteiger partial charge on any atom is 0.262 e. The van der Waals surface area contributed by atoms with Gasteiger partial charge >= 0.3 is 0 Å². The van der Waals surface area contributed by atoms with Gasteiger partial charge in [-0.1, -0.05) is 103 Å². The van der Waals surface area contributed by atoms with Crippen molar-refractivity contribution in [3.63, 3.8) is 0 Å². The first-order valence-electron chi connectivity index (χ1n) is 11.2. The van der Waals surface area contributed by atoms with E-state index in [2.05, 4.69) is 0 Å². The molecular weight excluding hydrogens is 422 g/mol. The predicted molar refractivity (Wildman–Crippen MR) is 132 cm³/mol. The van der Waals surface area contributed by atoms with Gasteiger partial charge in [0.25, 0.3) is 11.8 Å². The van der Waals surface area contributed by atoms with E-state index in [0.717, 1.165) is 28.0 Å². The molecule has 1 aliphatic rings. The summed E-state index contributed by atoms with van der Waals surface area (Å²) in [6.07, 6.45) is 0. The van der Waals surface area contributed by atoms with Crippen molar-refractivity contribution in [1.29, 1.82) is 0 Å². The lowest BCUT2D eigenvalue weighted by Crippen LogP contribution is -2.31. The van der Waals surface area contributed by atoms with E-state index < -0.39 is 0 Å². The standard InChI is InChI=1S/C30H23NO3/c32-29-27(24-12-6-2-7-13-24)28(25-14-8-3-9-15-25)30(33)31(29)20-22-16-18-26(19-17-22)34-21-23-10-4-1-5-11-23/h1-19H,20-21H2. The van der Waals surface area contributed by atoms with Crippen LogP contribution in [0.1, 0.15) is 22.3 Å². The largest absolute Gasteiger partial charge is 0.489 e. The van der Waals surface area contributed by atoms with Crippen molar-refractivity contribution in [2.75, 3.05) is 0 Å². The highest BCUT2D eigenvalue weighted by molar-refractivity contribution is 6.48. The molecule has 0 aromatic heterocycles. The molecule has 0 bridgehead atoms. The molecule has 0 radical (unpaired) electrons. The molecule has 5 rings (SSSR count). The molecule has 4 heteroatoms. The van der Waals surface area contributed by atoms with Gasteiger partial charge in [-0.05, 0) is 34.4 Å². The van der Waals surface area contributed by atoms with E-state index in [1.165, 1.54) is 4.90 Å². The third-order valence-corrected chi connectivity index (χ3v) is 5.81. The summed E-state index contributed by atoms with van der Waals surface area (Å²) in [5.74, 6) is 0.179. The molecule has 166 valence electrons. The van der Waals surface area contributed by atoms with Crippen LogP contribution < -0.4 is 4.74 Å². The van der Waals surface area contributed by atoms with E-state index >= 15 is 0 Å². The first-order valence-corrected chi connectivity index (χ1v) is 11.2. The van der Waals surface area contributed by atoms with Gasteiger partial charge in [-0.15, -0.1) is 0 Å². The van der Waals surface area contributed by atoms with Crippen LogP contribution in [0.15, 0.2) is 115 Å². The summed E-state index contributed by atoms with van der Waals surface area (Å²) in [7, 11) is 0. The first-order chi connectivity index (χ1) is 16.7. The molecule has 2 amide bonds. The maximum atomic E-state index is 13.5. The second kappa shape index (κ2) is 9.59. The van der Waals surface area contributed by atoms with Gasteiger partial charge in [0, 0.05) is 0 Å². The molecule has 1 aliphatic heterocycles. The Hall–Kier alpha value is -4.44. The second-order valence-corrected chi connectivity index (χ2v) is 8.10. The summed E-state index contributed by atoms with van der Waals surface area (Å²) < 4.78 is 5.85. The zero-order chi connectivity index (χ0) is 23.3. The van der Waals surface area contributed by atoms with Crippen molar-refractivity contribution in [3.05, 3.63) is 138 Å². The van der Waals surface area contributed by atoms with E-state index in [9.17, 15) is 9.59 Å². The fraction of sp³-hybridized carbons (Fsp3) is 0.0667. The van der Waals surface area contributed by atoms with Crippen LogP contribution >= 0.6 is 0 Å². The zero-order valence-electron chi connectivity index (χ0n) is 18.6. The maximum absolute atomic E-state index is 13.5. The quantitative estimate of drug-likeness (QED) is 0.341. The number of hydrogen-bond acceptors (Lipinski definition) is 3. The van der Waals surface area contributed by atoms with Gasteiger partial charge in [-0.2, -0.15) is 0 Å². The Morgan fingerprint density at radius 1 is 0.529 bits per heavy atom. The summed E-state index contributed by atoms with van der Waals surface area (Å²) in [5.41, 5.74) is 4.32. The number of rotatable bonds is 7. The van der Waals surface area contributed by atoms with Crippen LogP contribution in [-0.4, -0.2) is 16.7 Å². The van der Waals surface area contributed by atoms with Crippen molar-refractivity contribution >= 4 is 23.0 Å². The average Bonchev–Trinajstić information content (AvgIpc) is 3.14. The normalized spacial score (nSPS) is 13.5. The van der Waals surface area contributed by atoms with Crippen LogP contribution in [0.4, 0.5) is 0 Å². The van der Waals surface area contributed by atoms with Crippen molar-refractivity contribution in [2.45, 2.75) is 13.2 Å². The SMILES string of the molecule is O=C1C(c2ccccc2)=C(c2ccccc2)C(=O)N1Cc1ccc(OCc2ccccc2)cc1. The highest BCUT2D eigenvalue weighted by Crippen LogP contribution is 2.36. The number of hydrogen-bond donors (Lipinski definition) is 0. The summed E-state index contributed by atoms with van der Waals surface area (Å²) in [5, 5.41) is 0. The molecule has 34 heavy (non-hydrogen) atoms. The third kappa shape index (κ3) is 4.39. The van der Waals surface area contributed by atoms with Crippen LogP contribution in [0.5, 0.6) is 5.75 Å². The van der Waals surface area contributed by atoms with Gasteiger partial charge in [-0.3, -0.25) is 14.5 Å². The third-order valence-electron chi connectivity index (χ3n) is 5.81. The van der Waals surface area contributed by atoms with Gasteiger partial charge in [0.15, 0.2) is 0 Å². The van der Waals surface area contributed by atoms with Crippen LogP contribution in [0, 0.1) is 0 Å². The van der Waals surface area contributed by atoms with Gasteiger partial charge in [0.1, 0.15) is 12.4 Å². The summed E-state index contributed by atoms with van der Waals surface area (Å²) >= 11 is 0. The fourth-order valence-electron chi connectivity index (χ4n) is 4.08. The number of amides is 2. The van der Waals surface area contributed by atoms with Crippen molar-refractivity contribution in [2.24, 2.45) is 0 Å². The Bertz CT molecular complexity index is 1270. The highest BCUT2D eigenvalue weighted by Gasteiger charge is 2.39. The number of benzene rings is 4. The van der Waals surface area contributed by atoms with Crippen LogP contribution in [-0.2, 0) is 22.7 Å². The monoisotopic (exact) mass is 445 g/mol. The number of ether oxygens (including phenoxy) is 1. The molecule has 0 atom stereocenters. The Kier molecular flexibility index (Phi) is 6.04. The molecule has 0 unspecified atom stereocenters. The topological polar surface area (TPSA) is 46.6 Å². The molecule has 0 saturated heterocycles. The Balaban J connectivity index is 1.37. The van der Waals surface area contributed by atoms with Crippen LogP contribution in [0.2, 0.25) is 0 Å². The lowest BCUT2D eigenvalue weighted by Gasteiger charge is -2.16. The lowest BCUT2D eigenvalue weighted by molar-refractivity contribution is -0.136. The molecule has 1 heterocycles. The van der Waals surface area contributed by atoms with E-state index in [4.69, 9.17) is 4.74 Å². The van der Waals surface area contributed by atoms with Crippen molar-refractivity contribution in [3.8, 4) is 5.75 Å². The number of carbonyl (C=O) groups excluding carboxylic acids is 2. The van der Waals surface area contributed by atoms with Gasteiger partial charge in [0.2, 0.25) is 0 Å². The van der Waals surface area contributed by atoms with E-state index in [0.29, 0.717) is 17.8 Å². The predicted octanol–water partition coefficient (Wildman–Crippen LogP) is 5.75. The molecular formula is C30H23NO3. The molecule has 0 N–H and O–H groups in total. The van der Waals surface area contributed by atoms with Gasteiger partial charge in [0.05, 0.1) is 17.7 Å². The van der Waals surface area contributed by atoms with Gasteiger partial charge in [-0.25, -0.2) is 0 Å². The first kappa shape index (κ1) is 21.4. The zero-order valence-corrected chi connectivity index (χ0v) is 18.6. The van der Waals surface area contributed by atoms with E-state index in [-0.39, 0.29) is 18.4 Å². The van der Waals surface area contributed by atoms with Crippen molar-refractivity contribution in [1.82, 2.24) is 4.90 Å². The number of carbonyl (C=O) groups is 2. The average molecular weight is 446 g/mol. The van der Waals surface area contributed by atoms with Gasteiger partial charge < -0.3 is 4.74 Å². The Morgan fingerprint density at radius 3 is 1.50 bits per heavy atom. The van der Waals surface area contributed by atoms with Crippen LogP contribution in [0.25, 0.3) is 11.1 Å². The summed E-state index contributed by atoms with van der Waals surface area (Å²) in [6, 6.07) is 36.2. The minimum Gasteiger partial charge on any atom is -0.489 e. The summed E-state index contributed by atoms with van der Waals surface area (Å²) in [4.78, 5) is 28.2. The molecule has 0 saturated carbocycles. The Morgan fingerprint density at radius 2 is 1.00 bits per heavy atom. The second-order valence-electron chi connectivity index (χ2n) is 8.10. The van der Waals surface area contributed by atoms with E-state index in [1.54, 1.807) is 0 Å². The smallest absolute Gasteiger partial charge is 0.262 e. The number of nitrogens with zero attached hydrogens (tertiary/aromatic N) is 1. The number of imide groups is 1. The lowest BCUT2D eigenvalue weighted by atomic mass is 9.96. The molecule has 4 nitrogen and oxygen atoms in total.